The Morgan fingerprint density at radius 3 is 2.76 bits per heavy atom. The average molecular weight is 281 g/mol. The summed E-state index contributed by atoms with van der Waals surface area (Å²) in [6.45, 7) is 0.985. The number of nitrogens with zero attached hydrogens (tertiary/aromatic N) is 4. The van der Waals surface area contributed by atoms with Gasteiger partial charge >= 0.3 is 0 Å². The molecule has 3 aromatic rings. The van der Waals surface area contributed by atoms with Crippen LogP contribution in [0.3, 0.4) is 0 Å². The lowest BCUT2D eigenvalue weighted by Crippen LogP contribution is -2.22. The highest BCUT2D eigenvalue weighted by Crippen LogP contribution is 2.39. The number of aromatic nitrogens is 3. The number of hydrogen-bond donors (Lipinski definition) is 1. The van der Waals surface area contributed by atoms with Gasteiger partial charge in [-0.25, -0.2) is 4.63 Å². The van der Waals surface area contributed by atoms with Crippen LogP contribution in [0.5, 0.6) is 0 Å². The fraction of sp³-hybridized carbons (Fsp3) is 0.267. The predicted octanol–water partition coefficient (Wildman–Crippen LogP) is 2.54. The van der Waals surface area contributed by atoms with Gasteiger partial charge in [-0.1, -0.05) is 0 Å². The summed E-state index contributed by atoms with van der Waals surface area (Å²) in [6, 6.07) is 8.33. The minimum absolute atomic E-state index is 0.330. The van der Waals surface area contributed by atoms with Crippen LogP contribution in [0.1, 0.15) is 24.4 Å². The van der Waals surface area contributed by atoms with Gasteiger partial charge in [-0.05, 0) is 53.0 Å². The van der Waals surface area contributed by atoms with Crippen molar-refractivity contribution in [2.24, 2.45) is 0 Å². The fourth-order valence-corrected chi connectivity index (χ4v) is 3.09. The molecule has 1 fully saturated rings. The van der Waals surface area contributed by atoms with Crippen molar-refractivity contribution < 1.29 is 4.63 Å². The van der Waals surface area contributed by atoms with Crippen LogP contribution >= 0.6 is 0 Å². The number of nitrogens with two attached hydrogens (primary N) is 1. The number of benzene rings is 1. The van der Waals surface area contributed by atoms with E-state index in [4.69, 9.17) is 10.4 Å². The Morgan fingerprint density at radius 1 is 1.10 bits per heavy atom. The zero-order valence-electron chi connectivity index (χ0n) is 11.4. The summed E-state index contributed by atoms with van der Waals surface area (Å²) < 4.78 is 4.87. The van der Waals surface area contributed by atoms with E-state index >= 15 is 0 Å². The van der Waals surface area contributed by atoms with Gasteiger partial charge in [-0.15, -0.1) is 0 Å². The van der Waals surface area contributed by atoms with Crippen LogP contribution < -0.4 is 10.6 Å². The van der Waals surface area contributed by atoms with E-state index in [1.54, 1.807) is 0 Å². The standard InChI is InChI=1S/C15H15N5O/c16-11-3-4-13(15-14(11)18-21-19-15)20-9-1-2-12(20)10-5-7-17-8-6-10/h3-8,12H,1-2,9,16H2. The first-order valence-electron chi connectivity index (χ1n) is 7.02. The first-order valence-corrected chi connectivity index (χ1v) is 7.02. The Hall–Kier alpha value is -2.63. The fourth-order valence-electron chi connectivity index (χ4n) is 3.09. The van der Waals surface area contributed by atoms with E-state index in [-0.39, 0.29) is 0 Å². The Balaban J connectivity index is 1.81. The molecule has 3 heterocycles. The number of hydrogen-bond acceptors (Lipinski definition) is 6. The predicted molar refractivity (Wildman–Crippen MR) is 79.8 cm³/mol. The van der Waals surface area contributed by atoms with Crippen LogP contribution in [0.4, 0.5) is 11.4 Å². The van der Waals surface area contributed by atoms with Crippen molar-refractivity contribution in [3.8, 4) is 0 Å². The van der Waals surface area contributed by atoms with Gasteiger partial charge in [-0.3, -0.25) is 4.98 Å². The second-order valence-electron chi connectivity index (χ2n) is 5.27. The van der Waals surface area contributed by atoms with Gasteiger partial charge in [-0.2, -0.15) is 0 Å². The number of rotatable bonds is 2. The van der Waals surface area contributed by atoms with Crippen LogP contribution in [-0.2, 0) is 0 Å². The van der Waals surface area contributed by atoms with Gasteiger partial charge in [0.1, 0.15) is 0 Å². The van der Waals surface area contributed by atoms with E-state index in [0.717, 1.165) is 30.6 Å². The lowest BCUT2D eigenvalue weighted by molar-refractivity contribution is 0.315. The van der Waals surface area contributed by atoms with Gasteiger partial charge in [0.2, 0.25) is 0 Å². The second kappa shape index (κ2) is 4.73. The topological polar surface area (TPSA) is 81.1 Å². The minimum Gasteiger partial charge on any atom is -0.397 e. The van der Waals surface area contributed by atoms with Gasteiger partial charge < -0.3 is 10.6 Å². The molecule has 0 amide bonds. The average Bonchev–Trinajstić information content (AvgIpc) is 3.18. The summed E-state index contributed by atoms with van der Waals surface area (Å²) in [5, 5.41) is 7.93. The molecule has 6 heteroatoms. The zero-order chi connectivity index (χ0) is 14.2. The molecule has 1 aliphatic heterocycles. The lowest BCUT2D eigenvalue weighted by Gasteiger charge is -2.27. The van der Waals surface area contributed by atoms with Crippen LogP contribution in [-0.4, -0.2) is 21.8 Å². The molecule has 6 nitrogen and oxygen atoms in total. The van der Waals surface area contributed by atoms with Gasteiger partial charge in [0.05, 0.1) is 17.4 Å². The number of nitrogen functional groups attached to an aromatic ring is 1. The largest absolute Gasteiger partial charge is 0.397 e. The van der Waals surface area contributed by atoms with Gasteiger partial charge in [0.15, 0.2) is 11.0 Å². The smallest absolute Gasteiger partial charge is 0.160 e. The summed E-state index contributed by atoms with van der Waals surface area (Å²) in [5.74, 6) is 0. The number of anilines is 2. The van der Waals surface area contributed by atoms with Crippen molar-refractivity contribution in [2.45, 2.75) is 18.9 Å². The molecular weight excluding hydrogens is 266 g/mol. The van der Waals surface area contributed by atoms with E-state index in [9.17, 15) is 0 Å². The molecule has 4 rings (SSSR count). The maximum absolute atomic E-state index is 5.92. The molecule has 0 bridgehead atoms. The maximum Gasteiger partial charge on any atom is 0.160 e. The number of fused-ring (bicyclic) bond motifs is 1. The molecule has 2 N–H and O–H groups in total. The highest BCUT2D eigenvalue weighted by atomic mass is 16.6. The summed E-state index contributed by atoms with van der Waals surface area (Å²) in [5.41, 5.74) is 10.2. The third-order valence-electron chi connectivity index (χ3n) is 4.08. The minimum atomic E-state index is 0.330. The van der Waals surface area contributed by atoms with Crippen LogP contribution in [0.15, 0.2) is 41.3 Å². The molecule has 1 atom stereocenters. The van der Waals surface area contributed by atoms with Crippen LogP contribution in [0, 0.1) is 0 Å². The normalized spacial score (nSPS) is 18.5. The molecule has 106 valence electrons. The molecule has 1 aromatic carbocycles. The van der Waals surface area contributed by atoms with Gasteiger partial charge in [0.25, 0.3) is 0 Å². The summed E-state index contributed by atoms with van der Waals surface area (Å²) in [7, 11) is 0. The van der Waals surface area contributed by atoms with E-state index in [1.807, 2.05) is 24.5 Å². The Labute approximate surface area is 121 Å². The SMILES string of the molecule is Nc1ccc(N2CCCC2c2ccncc2)c2nonc12. The quantitative estimate of drug-likeness (QED) is 0.727. The number of pyridine rings is 1. The first kappa shape index (κ1) is 12.1. The Kier molecular flexibility index (Phi) is 2.73. The molecule has 0 aliphatic carbocycles. The molecule has 1 aliphatic rings. The Bertz CT molecular complexity index is 770. The van der Waals surface area contributed by atoms with Crippen molar-refractivity contribution in [3.63, 3.8) is 0 Å². The third kappa shape index (κ3) is 1.91. The van der Waals surface area contributed by atoms with E-state index in [2.05, 4.69) is 32.3 Å². The van der Waals surface area contributed by atoms with Crippen LogP contribution in [0.25, 0.3) is 11.0 Å². The molecule has 1 saturated heterocycles. The molecule has 2 aromatic heterocycles. The van der Waals surface area contributed by atoms with Crippen molar-refractivity contribution in [1.29, 1.82) is 0 Å². The van der Waals surface area contributed by atoms with Crippen molar-refractivity contribution >= 4 is 22.4 Å². The second-order valence-corrected chi connectivity index (χ2v) is 5.27. The molecule has 0 spiro atoms. The maximum atomic E-state index is 5.92. The Morgan fingerprint density at radius 2 is 1.90 bits per heavy atom. The van der Waals surface area contributed by atoms with Crippen molar-refractivity contribution in [2.75, 3.05) is 17.2 Å². The lowest BCUT2D eigenvalue weighted by atomic mass is 10.1. The van der Waals surface area contributed by atoms with E-state index in [1.165, 1.54) is 5.56 Å². The van der Waals surface area contributed by atoms with Crippen molar-refractivity contribution in [1.82, 2.24) is 15.3 Å². The van der Waals surface area contributed by atoms with Gasteiger partial charge in [0, 0.05) is 18.9 Å². The summed E-state index contributed by atoms with van der Waals surface area (Å²) >= 11 is 0. The highest BCUT2D eigenvalue weighted by Gasteiger charge is 2.28. The zero-order valence-corrected chi connectivity index (χ0v) is 11.4. The first-order chi connectivity index (χ1) is 10.3. The molecule has 0 saturated carbocycles. The molecular formula is C15H15N5O. The molecule has 21 heavy (non-hydrogen) atoms. The summed E-state index contributed by atoms with van der Waals surface area (Å²) in [4.78, 5) is 6.44. The highest BCUT2D eigenvalue weighted by molar-refractivity contribution is 5.95. The third-order valence-corrected chi connectivity index (χ3v) is 4.08. The van der Waals surface area contributed by atoms with Crippen molar-refractivity contribution in [3.05, 3.63) is 42.2 Å². The van der Waals surface area contributed by atoms with E-state index < -0.39 is 0 Å². The summed E-state index contributed by atoms with van der Waals surface area (Å²) in [6.07, 6.45) is 5.93. The monoisotopic (exact) mass is 281 g/mol. The van der Waals surface area contributed by atoms with Crippen LogP contribution in [0.2, 0.25) is 0 Å². The molecule has 1 unspecified atom stereocenters. The molecule has 0 radical (unpaired) electrons. The van der Waals surface area contributed by atoms with E-state index in [0.29, 0.717) is 17.2 Å².